The molecule has 3 rings (SSSR count). The van der Waals surface area contributed by atoms with Crippen molar-refractivity contribution < 1.29 is 14.3 Å². The highest BCUT2D eigenvalue weighted by molar-refractivity contribution is 8.18. The quantitative estimate of drug-likeness (QED) is 0.540. The van der Waals surface area contributed by atoms with Crippen LogP contribution in [-0.4, -0.2) is 43.5 Å². The number of nitrogens with zero attached hydrogens (tertiary/aromatic N) is 2. The molecule has 0 saturated carbocycles. The van der Waals surface area contributed by atoms with Crippen LogP contribution in [0.2, 0.25) is 0 Å². The summed E-state index contributed by atoms with van der Waals surface area (Å²) in [7, 11) is 4.94. The second-order valence-corrected chi connectivity index (χ2v) is 7.57. The molecular formula is C20H20N2O3S2. The second-order valence-electron chi connectivity index (χ2n) is 5.68. The number of carbonyl (C=O) groups excluding carboxylic acids is 1. The van der Waals surface area contributed by atoms with Crippen molar-refractivity contribution in [2.24, 2.45) is 4.99 Å². The van der Waals surface area contributed by atoms with Gasteiger partial charge in [0.1, 0.15) is 11.5 Å². The van der Waals surface area contributed by atoms with Crippen LogP contribution in [0.3, 0.4) is 0 Å². The van der Waals surface area contributed by atoms with Crippen molar-refractivity contribution in [2.45, 2.75) is 4.90 Å². The van der Waals surface area contributed by atoms with Crippen molar-refractivity contribution in [3.8, 4) is 11.5 Å². The molecule has 1 fully saturated rings. The number of carbonyl (C=O) groups is 1. The van der Waals surface area contributed by atoms with Gasteiger partial charge in [-0.1, -0.05) is 6.07 Å². The smallest absolute Gasteiger partial charge is 0.266 e. The zero-order valence-electron chi connectivity index (χ0n) is 15.6. The van der Waals surface area contributed by atoms with Gasteiger partial charge in [-0.15, -0.1) is 11.8 Å². The lowest BCUT2D eigenvalue weighted by molar-refractivity contribution is -0.121. The Kier molecular flexibility index (Phi) is 6.13. The number of methoxy groups -OCH3 is 2. The Morgan fingerprint density at radius 3 is 2.67 bits per heavy atom. The van der Waals surface area contributed by atoms with Gasteiger partial charge >= 0.3 is 0 Å². The van der Waals surface area contributed by atoms with Crippen molar-refractivity contribution in [3.05, 3.63) is 52.9 Å². The molecule has 7 heteroatoms. The molecule has 0 N–H and O–H groups in total. The van der Waals surface area contributed by atoms with E-state index >= 15 is 0 Å². The first-order chi connectivity index (χ1) is 13.0. The molecule has 1 amide bonds. The molecule has 2 aromatic rings. The van der Waals surface area contributed by atoms with Crippen LogP contribution >= 0.6 is 23.5 Å². The predicted molar refractivity (Wildman–Crippen MR) is 113 cm³/mol. The van der Waals surface area contributed by atoms with Crippen LogP contribution in [-0.2, 0) is 4.79 Å². The third kappa shape index (κ3) is 4.31. The molecule has 0 unspecified atom stereocenters. The lowest BCUT2D eigenvalue weighted by Crippen LogP contribution is -2.23. The summed E-state index contributed by atoms with van der Waals surface area (Å²) in [4.78, 5) is 20.6. The summed E-state index contributed by atoms with van der Waals surface area (Å²) in [6.45, 7) is 0. The highest BCUT2D eigenvalue weighted by Gasteiger charge is 2.30. The summed E-state index contributed by atoms with van der Waals surface area (Å²) >= 11 is 3.01. The van der Waals surface area contributed by atoms with E-state index in [2.05, 4.69) is 4.99 Å². The van der Waals surface area contributed by atoms with Crippen LogP contribution in [0.1, 0.15) is 5.56 Å². The number of likely N-dealkylation sites (N-methyl/N-ethyl adjacent to an activating group) is 1. The molecule has 0 atom stereocenters. The number of thioether (sulfide) groups is 2. The molecule has 0 bridgehead atoms. The third-order valence-corrected chi connectivity index (χ3v) is 5.79. The maximum atomic E-state index is 12.7. The lowest BCUT2D eigenvalue weighted by Gasteiger charge is -2.08. The van der Waals surface area contributed by atoms with Gasteiger partial charge in [-0.3, -0.25) is 9.69 Å². The maximum absolute atomic E-state index is 12.7. The fraction of sp³-hybridized carbons (Fsp3) is 0.200. The van der Waals surface area contributed by atoms with Crippen molar-refractivity contribution in [1.82, 2.24) is 4.90 Å². The molecule has 5 nitrogen and oxygen atoms in total. The van der Waals surface area contributed by atoms with Crippen molar-refractivity contribution in [2.75, 3.05) is 27.5 Å². The number of rotatable bonds is 5. The highest BCUT2D eigenvalue weighted by atomic mass is 32.2. The first-order valence-corrected chi connectivity index (χ1v) is 10.2. The summed E-state index contributed by atoms with van der Waals surface area (Å²) in [5.41, 5.74) is 1.61. The standard InChI is InChI=1S/C20H20N2O3S2/c1-22-19(23)18(11-13-10-15(24-2)8-9-17(13)25-3)27-20(22)21-14-6-5-7-16(12-14)26-4/h5-12H,1-4H3/b18-11+,21-20?. The second kappa shape index (κ2) is 8.54. The Morgan fingerprint density at radius 2 is 1.96 bits per heavy atom. The topological polar surface area (TPSA) is 51.1 Å². The van der Waals surface area contributed by atoms with E-state index < -0.39 is 0 Å². The van der Waals surface area contributed by atoms with E-state index in [1.807, 2.05) is 54.8 Å². The number of benzene rings is 2. The minimum Gasteiger partial charge on any atom is -0.497 e. The highest BCUT2D eigenvalue weighted by Crippen LogP contribution is 2.36. The Hall–Kier alpha value is -2.38. The Labute approximate surface area is 167 Å². The van der Waals surface area contributed by atoms with Gasteiger partial charge in [-0.25, -0.2) is 4.99 Å². The number of amidine groups is 1. The number of ether oxygens (including phenoxy) is 2. The summed E-state index contributed by atoms with van der Waals surface area (Å²) in [6, 6.07) is 13.4. The van der Waals surface area contributed by atoms with Gasteiger partial charge in [0.15, 0.2) is 5.17 Å². The normalized spacial score (nSPS) is 17.0. The van der Waals surface area contributed by atoms with Gasteiger partial charge in [0.05, 0.1) is 24.8 Å². The summed E-state index contributed by atoms with van der Waals surface area (Å²) < 4.78 is 10.7. The molecule has 1 aliphatic rings. The van der Waals surface area contributed by atoms with E-state index in [1.165, 1.54) is 11.8 Å². The molecule has 0 aliphatic carbocycles. The SMILES string of the molecule is COc1ccc(OC)c(/C=C2/SC(=Nc3cccc(SC)c3)N(C)C2=O)c1. The minimum absolute atomic E-state index is 0.0929. The molecule has 1 heterocycles. The number of hydrogen-bond donors (Lipinski definition) is 0. The van der Waals surface area contributed by atoms with E-state index in [0.717, 1.165) is 16.1 Å². The monoisotopic (exact) mass is 400 g/mol. The van der Waals surface area contributed by atoms with Crippen LogP contribution in [0.5, 0.6) is 11.5 Å². The predicted octanol–water partition coefficient (Wildman–Crippen LogP) is 4.66. The number of hydrogen-bond acceptors (Lipinski definition) is 6. The van der Waals surface area contributed by atoms with Crippen LogP contribution in [0.25, 0.3) is 6.08 Å². The van der Waals surface area contributed by atoms with Crippen LogP contribution in [0.15, 0.2) is 57.3 Å². The summed E-state index contributed by atoms with van der Waals surface area (Å²) in [6.07, 6.45) is 3.83. The average Bonchev–Trinajstić information content (AvgIpc) is 2.95. The molecule has 2 aromatic carbocycles. The van der Waals surface area contributed by atoms with Gasteiger partial charge in [0.25, 0.3) is 5.91 Å². The van der Waals surface area contributed by atoms with Gasteiger partial charge in [0, 0.05) is 17.5 Å². The fourth-order valence-electron chi connectivity index (χ4n) is 2.54. The zero-order chi connectivity index (χ0) is 19.4. The van der Waals surface area contributed by atoms with Gasteiger partial charge in [0.2, 0.25) is 0 Å². The zero-order valence-corrected chi connectivity index (χ0v) is 17.2. The molecule has 0 spiro atoms. The molecular weight excluding hydrogens is 380 g/mol. The Bertz CT molecular complexity index is 925. The Balaban J connectivity index is 1.94. The van der Waals surface area contributed by atoms with Crippen LogP contribution < -0.4 is 9.47 Å². The maximum Gasteiger partial charge on any atom is 0.266 e. The van der Waals surface area contributed by atoms with E-state index in [0.29, 0.717) is 21.6 Å². The fourth-order valence-corrected chi connectivity index (χ4v) is 3.97. The first-order valence-electron chi connectivity index (χ1n) is 8.18. The molecule has 0 aromatic heterocycles. The van der Waals surface area contributed by atoms with Crippen molar-refractivity contribution >= 4 is 46.4 Å². The van der Waals surface area contributed by atoms with E-state index in [1.54, 1.807) is 37.9 Å². The molecule has 140 valence electrons. The van der Waals surface area contributed by atoms with E-state index in [4.69, 9.17) is 9.47 Å². The lowest BCUT2D eigenvalue weighted by atomic mass is 10.1. The molecule has 27 heavy (non-hydrogen) atoms. The van der Waals surface area contributed by atoms with Gasteiger partial charge in [-0.05, 0) is 60.5 Å². The van der Waals surface area contributed by atoms with Crippen LogP contribution in [0.4, 0.5) is 5.69 Å². The number of amides is 1. The average molecular weight is 401 g/mol. The minimum atomic E-state index is -0.0929. The molecule has 0 radical (unpaired) electrons. The van der Waals surface area contributed by atoms with E-state index in [-0.39, 0.29) is 5.91 Å². The summed E-state index contributed by atoms with van der Waals surface area (Å²) in [5.74, 6) is 1.29. The molecule has 1 aliphatic heterocycles. The number of aliphatic imine (C=N–C) groups is 1. The van der Waals surface area contributed by atoms with Crippen LogP contribution in [0, 0.1) is 0 Å². The van der Waals surface area contributed by atoms with Gasteiger partial charge in [-0.2, -0.15) is 0 Å². The third-order valence-electron chi connectivity index (χ3n) is 4.01. The summed E-state index contributed by atoms with van der Waals surface area (Å²) in [5, 5.41) is 0.645. The first kappa shape index (κ1) is 19.4. The molecule has 1 saturated heterocycles. The van der Waals surface area contributed by atoms with Crippen molar-refractivity contribution in [3.63, 3.8) is 0 Å². The Morgan fingerprint density at radius 1 is 1.15 bits per heavy atom. The van der Waals surface area contributed by atoms with Gasteiger partial charge < -0.3 is 9.47 Å². The van der Waals surface area contributed by atoms with E-state index in [9.17, 15) is 4.79 Å². The largest absolute Gasteiger partial charge is 0.497 e. The van der Waals surface area contributed by atoms with Crippen molar-refractivity contribution in [1.29, 1.82) is 0 Å².